The first-order valence-corrected chi connectivity index (χ1v) is 7.37. The smallest absolute Gasteiger partial charge is 0.234 e. The van der Waals surface area contributed by atoms with Gasteiger partial charge in [-0.05, 0) is 56.3 Å². The molecule has 19 heavy (non-hydrogen) atoms. The Balaban J connectivity index is 2.24. The van der Waals surface area contributed by atoms with E-state index in [1.807, 2.05) is 11.8 Å². The topological polar surface area (TPSA) is 46.3 Å². The van der Waals surface area contributed by atoms with E-state index in [0.29, 0.717) is 0 Å². The van der Waals surface area contributed by atoms with E-state index >= 15 is 0 Å². The lowest BCUT2D eigenvalue weighted by molar-refractivity contribution is -0.119. The summed E-state index contributed by atoms with van der Waals surface area (Å²) in [6.07, 6.45) is 4.13. The van der Waals surface area contributed by atoms with Gasteiger partial charge in [-0.25, -0.2) is 0 Å². The number of rotatable bonds is 6. The normalized spacial score (nSPS) is 17.9. The average molecular weight is 260 g/mol. The molecular weight excluding hydrogens is 236 g/mol. The van der Waals surface area contributed by atoms with Crippen LogP contribution in [0.3, 0.4) is 0 Å². The molecule has 104 valence electrons. The summed E-state index contributed by atoms with van der Waals surface area (Å²) in [6, 6.07) is 6.50. The van der Waals surface area contributed by atoms with Gasteiger partial charge in [0.25, 0.3) is 0 Å². The standard InChI is InChI=1S/C16H24N2O/c1-3-13-14-11-12(7-5-6-10-17)8-9-15(14)18(4-2)16(13)19/h8-9,11,13H,3-7,10,17H2,1-2H3. The third kappa shape index (κ3) is 2.66. The highest BCUT2D eigenvalue weighted by molar-refractivity contribution is 6.04. The molecule has 1 atom stereocenters. The largest absolute Gasteiger partial charge is 0.330 e. The molecule has 1 heterocycles. The number of hydrogen-bond acceptors (Lipinski definition) is 2. The number of likely N-dealkylation sites (N-methyl/N-ethyl adjacent to an activating group) is 1. The summed E-state index contributed by atoms with van der Waals surface area (Å²) in [5, 5.41) is 0. The lowest BCUT2D eigenvalue weighted by Crippen LogP contribution is -2.28. The van der Waals surface area contributed by atoms with Gasteiger partial charge >= 0.3 is 0 Å². The Morgan fingerprint density at radius 3 is 2.68 bits per heavy atom. The second kappa shape index (κ2) is 6.20. The monoisotopic (exact) mass is 260 g/mol. The number of carbonyl (C=O) groups is 1. The van der Waals surface area contributed by atoms with Crippen LogP contribution in [0.25, 0.3) is 0 Å². The van der Waals surface area contributed by atoms with Crippen LogP contribution in [0.1, 0.15) is 50.2 Å². The molecule has 1 aromatic rings. The maximum absolute atomic E-state index is 12.3. The highest BCUT2D eigenvalue weighted by Crippen LogP contribution is 2.39. The molecule has 0 radical (unpaired) electrons. The first-order valence-electron chi connectivity index (χ1n) is 7.37. The molecule has 1 aliphatic heterocycles. The molecule has 1 amide bonds. The Hall–Kier alpha value is -1.35. The third-order valence-electron chi connectivity index (χ3n) is 3.97. The van der Waals surface area contributed by atoms with Gasteiger partial charge in [-0.2, -0.15) is 0 Å². The highest BCUT2D eigenvalue weighted by atomic mass is 16.2. The molecule has 0 saturated heterocycles. The summed E-state index contributed by atoms with van der Waals surface area (Å²) in [5.41, 5.74) is 9.19. The molecule has 1 unspecified atom stereocenters. The Morgan fingerprint density at radius 1 is 1.26 bits per heavy atom. The fraction of sp³-hybridized carbons (Fsp3) is 0.562. The van der Waals surface area contributed by atoms with E-state index in [-0.39, 0.29) is 11.8 Å². The van der Waals surface area contributed by atoms with Crippen molar-refractivity contribution in [1.82, 2.24) is 0 Å². The highest BCUT2D eigenvalue weighted by Gasteiger charge is 2.34. The fourth-order valence-corrected chi connectivity index (χ4v) is 2.92. The second-order valence-corrected chi connectivity index (χ2v) is 5.18. The van der Waals surface area contributed by atoms with Gasteiger partial charge in [0.15, 0.2) is 0 Å². The summed E-state index contributed by atoms with van der Waals surface area (Å²) in [5.74, 6) is 0.323. The number of unbranched alkanes of at least 4 members (excludes halogenated alkanes) is 1. The van der Waals surface area contributed by atoms with Crippen LogP contribution in [-0.4, -0.2) is 19.0 Å². The van der Waals surface area contributed by atoms with Gasteiger partial charge in [0.05, 0.1) is 5.92 Å². The minimum atomic E-state index is 0.0596. The number of nitrogens with two attached hydrogens (primary N) is 1. The molecule has 2 N–H and O–H groups in total. The van der Waals surface area contributed by atoms with Crippen LogP contribution in [0, 0.1) is 0 Å². The number of amides is 1. The summed E-state index contributed by atoms with van der Waals surface area (Å²) >= 11 is 0. The number of fused-ring (bicyclic) bond motifs is 1. The molecule has 0 aliphatic carbocycles. The van der Waals surface area contributed by atoms with Crippen molar-refractivity contribution in [3.05, 3.63) is 29.3 Å². The van der Waals surface area contributed by atoms with Crippen LogP contribution in [0.4, 0.5) is 5.69 Å². The zero-order chi connectivity index (χ0) is 13.8. The van der Waals surface area contributed by atoms with E-state index in [0.717, 1.165) is 44.5 Å². The van der Waals surface area contributed by atoms with Crippen molar-refractivity contribution in [2.75, 3.05) is 18.0 Å². The number of benzene rings is 1. The molecule has 0 fully saturated rings. The van der Waals surface area contributed by atoms with Crippen molar-refractivity contribution in [2.45, 2.75) is 45.4 Å². The van der Waals surface area contributed by atoms with E-state index in [2.05, 4.69) is 25.1 Å². The van der Waals surface area contributed by atoms with E-state index < -0.39 is 0 Å². The molecule has 0 bridgehead atoms. The zero-order valence-corrected chi connectivity index (χ0v) is 12.0. The minimum absolute atomic E-state index is 0.0596. The minimum Gasteiger partial charge on any atom is -0.330 e. The first-order chi connectivity index (χ1) is 9.22. The fourth-order valence-electron chi connectivity index (χ4n) is 2.92. The third-order valence-corrected chi connectivity index (χ3v) is 3.97. The maximum Gasteiger partial charge on any atom is 0.234 e. The van der Waals surface area contributed by atoms with Gasteiger partial charge in [0.2, 0.25) is 5.91 Å². The second-order valence-electron chi connectivity index (χ2n) is 5.18. The number of nitrogens with zero attached hydrogens (tertiary/aromatic N) is 1. The number of hydrogen-bond donors (Lipinski definition) is 1. The number of aryl methyl sites for hydroxylation is 1. The predicted molar refractivity (Wildman–Crippen MR) is 79.5 cm³/mol. The van der Waals surface area contributed by atoms with E-state index in [9.17, 15) is 4.79 Å². The molecule has 0 spiro atoms. The van der Waals surface area contributed by atoms with Crippen molar-refractivity contribution in [1.29, 1.82) is 0 Å². The van der Waals surface area contributed by atoms with Gasteiger partial charge in [-0.3, -0.25) is 4.79 Å². The van der Waals surface area contributed by atoms with Gasteiger partial charge in [-0.1, -0.05) is 19.1 Å². The van der Waals surface area contributed by atoms with Crippen molar-refractivity contribution in [3.8, 4) is 0 Å². The Morgan fingerprint density at radius 2 is 2.05 bits per heavy atom. The molecule has 1 aliphatic rings. The van der Waals surface area contributed by atoms with E-state index in [1.165, 1.54) is 11.1 Å². The van der Waals surface area contributed by atoms with Gasteiger partial charge in [-0.15, -0.1) is 0 Å². The molecule has 2 rings (SSSR count). The Kier molecular flexibility index (Phi) is 4.59. The SMILES string of the molecule is CCC1C(=O)N(CC)c2ccc(CCCCN)cc21. The molecule has 0 aromatic heterocycles. The summed E-state index contributed by atoms with van der Waals surface area (Å²) in [7, 11) is 0. The van der Waals surface area contributed by atoms with Crippen molar-refractivity contribution >= 4 is 11.6 Å². The van der Waals surface area contributed by atoms with Crippen molar-refractivity contribution < 1.29 is 4.79 Å². The molecule has 3 heteroatoms. The Labute approximate surface area is 115 Å². The summed E-state index contributed by atoms with van der Waals surface area (Å²) in [4.78, 5) is 14.2. The van der Waals surface area contributed by atoms with Crippen LogP contribution < -0.4 is 10.6 Å². The molecular formula is C16H24N2O. The molecule has 3 nitrogen and oxygen atoms in total. The average Bonchev–Trinajstić information content (AvgIpc) is 2.69. The van der Waals surface area contributed by atoms with Gasteiger partial charge < -0.3 is 10.6 Å². The van der Waals surface area contributed by atoms with Gasteiger partial charge in [0, 0.05) is 12.2 Å². The van der Waals surface area contributed by atoms with Crippen LogP contribution in [0.5, 0.6) is 0 Å². The maximum atomic E-state index is 12.3. The molecule has 1 aromatic carbocycles. The number of carbonyl (C=O) groups excluding carboxylic acids is 1. The van der Waals surface area contributed by atoms with Crippen LogP contribution in [-0.2, 0) is 11.2 Å². The van der Waals surface area contributed by atoms with Gasteiger partial charge in [0.1, 0.15) is 0 Å². The lowest BCUT2D eigenvalue weighted by Gasteiger charge is -2.15. The van der Waals surface area contributed by atoms with Crippen LogP contribution >= 0.6 is 0 Å². The molecule has 0 saturated carbocycles. The predicted octanol–water partition coefficient (Wildman–Crippen LogP) is 2.83. The number of anilines is 1. The van der Waals surface area contributed by atoms with Crippen molar-refractivity contribution in [3.63, 3.8) is 0 Å². The van der Waals surface area contributed by atoms with Crippen LogP contribution in [0.2, 0.25) is 0 Å². The Bertz CT molecular complexity index is 456. The van der Waals surface area contributed by atoms with E-state index in [4.69, 9.17) is 5.73 Å². The van der Waals surface area contributed by atoms with Crippen molar-refractivity contribution in [2.24, 2.45) is 5.73 Å². The summed E-state index contributed by atoms with van der Waals surface area (Å²) < 4.78 is 0. The summed E-state index contributed by atoms with van der Waals surface area (Å²) in [6.45, 7) is 5.64. The van der Waals surface area contributed by atoms with E-state index in [1.54, 1.807) is 0 Å². The quantitative estimate of drug-likeness (QED) is 0.799. The zero-order valence-electron chi connectivity index (χ0n) is 12.0. The first kappa shape index (κ1) is 14.1. The van der Waals surface area contributed by atoms with Crippen LogP contribution in [0.15, 0.2) is 18.2 Å². The lowest BCUT2D eigenvalue weighted by atomic mass is 9.95.